The van der Waals surface area contributed by atoms with Gasteiger partial charge in [-0.15, -0.1) is 0 Å². The number of ether oxygens (including phenoxy) is 1. The van der Waals surface area contributed by atoms with Crippen molar-refractivity contribution in [1.29, 1.82) is 0 Å². The molecule has 0 spiro atoms. The Morgan fingerprint density at radius 2 is 2.00 bits per heavy atom. The second-order valence-electron chi connectivity index (χ2n) is 4.80. The molecule has 1 aromatic rings. The van der Waals surface area contributed by atoms with E-state index in [9.17, 15) is 4.79 Å². The summed E-state index contributed by atoms with van der Waals surface area (Å²) in [6.07, 6.45) is 0. The molecular formula is C13H19NO2. The first-order chi connectivity index (χ1) is 7.36. The van der Waals surface area contributed by atoms with E-state index in [0.29, 0.717) is 12.3 Å². The largest absolute Gasteiger partial charge is 0.461 e. The highest BCUT2D eigenvalue weighted by atomic mass is 16.5. The number of hydrogen-bond acceptors (Lipinski definition) is 3. The fourth-order valence-corrected chi connectivity index (χ4v) is 1.67. The van der Waals surface area contributed by atoms with Crippen molar-refractivity contribution in [3.63, 3.8) is 0 Å². The van der Waals surface area contributed by atoms with Crippen LogP contribution in [0.2, 0.25) is 0 Å². The van der Waals surface area contributed by atoms with E-state index in [2.05, 4.69) is 25.8 Å². The molecule has 0 aliphatic heterocycles. The molecule has 0 aliphatic rings. The molecule has 0 saturated carbocycles. The van der Waals surface area contributed by atoms with E-state index in [1.165, 1.54) is 0 Å². The number of rotatable bonds is 2. The van der Waals surface area contributed by atoms with E-state index in [1.807, 2.05) is 13.0 Å². The Bertz CT molecular complexity index is 391. The molecule has 0 saturated heterocycles. The molecule has 1 aromatic heterocycles. The standard InChI is InChI=1S/C13H19NO2/c1-6-16-12(15)11-8-7-10(9(2)14-11)13(3,4)5/h7-8H,6H2,1-5H3. The van der Waals surface area contributed by atoms with Gasteiger partial charge in [-0.25, -0.2) is 9.78 Å². The first-order valence-corrected chi connectivity index (χ1v) is 5.51. The van der Waals surface area contributed by atoms with Crippen molar-refractivity contribution in [1.82, 2.24) is 4.98 Å². The minimum atomic E-state index is -0.356. The average Bonchev–Trinajstić information content (AvgIpc) is 2.16. The maximum absolute atomic E-state index is 11.5. The zero-order chi connectivity index (χ0) is 12.3. The van der Waals surface area contributed by atoms with Gasteiger partial charge in [0.15, 0.2) is 0 Å². The molecule has 0 atom stereocenters. The molecule has 0 N–H and O–H groups in total. The summed E-state index contributed by atoms with van der Waals surface area (Å²) in [5.74, 6) is -0.356. The molecule has 0 fully saturated rings. The Morgan fingerprint density at radius 3 is 2.44 bits per heavy atom. The number of nitrogens with zero attached hydrogens (tertiary/aromatic N) is 1. The lowest BCUT2D eigenvalue weighted by Gasteiger charge is -2.21. The Balaban J connectivity index is 3.05. The smallest absolute Gasteiger partial charge is 0.356 e. The fourth-order valence-electron chi connectivity index (χ4n) is 1.67. The number of esters is 1. The van der Waals surface area contributed by atoms with Gasteiger partial charge in [0, 0.05) is 5.69 Å². The summed E-state index contributed by atoms with van der Waals surface area (Å²) in [5.41, 5.74) is 2.47. The molecule has 0 unspecified atom stereocenters. The van der Waals surface area contributed by atoms with Gasteiger partial charge in [-0.2, -0.15) is 0 Å². The van der Waals surface area contributed by atoms with Crippen molar-refractivity contribution in [3.05, 3.63) is 29.1 Å². The third kappa shape index (κ3) is 2.81. The van der Waals surface area contributed by atoms with Crippen LogP contribution in [0.5, 0.6) is 0 Å². The number of aryl methyl sites for hydroxylation is 1. The SMILES string of the molecule is CCOC(=O)c1ccc(C(C)(C)C)c(C)n1. The molecule has 0 bridgehead atoms. The van der Waals surface area contributed by atoms with Crippen LogP contribution in [-0.4, -0.2) is 17.6 Å². The topological polar surface area (TPSA) is 39.2 Å². The van der Waals surface area contributed by atoms with Crippen molar-refractivity contribution in [2.24, 2.45) is 0 Å². The molecule has 3 nitrogen and oxygen atoms in total. The molecule has 0 aliphatic carbocycles. The van der Waals surface area contributed by atoms with E-state index in [1.54, 1.807) is 13.0 Å². The summed E-state index contributed by atoms with van der Waals surface area (Å²) in [5, 5.41) is 0. The second kappa shape index (κ2) is 4.64. The first kappa shape index (κ1) is 12.7. The van der Waals surface area contributed by atoms with Crippen LogP contribution in [-0.2, 0) is 10.2 Å². The van der Waals surface area contributed by atoms with Crippen LogP contribution in [0.4, 0.5) is 0 Å². The molecule has 0 radical (unpaired) electrons. The van der Waals surface area contributed by atoms with Crippen molar-refractivity contribution in [2.75, 3.05) is 6.61 Å². The minimum Gasteiger partial charge on any atom is -0.461 e. The molecule has 3 heteroatoms. The Hall–Kier alpha value is -1.38. The van der Waals surface area contributed by atoms with E-state index in [4.69, 9.17) is 4.74 Å². The Kier molecular flexibility index (Phi) is 3.68. The molecular weight excluding hydrogens is 202 g/mol. The van der Waals surface area contributed by atoms with Gasteiger partial charge < -0.3 is 4.74 Å². The summed E-state index contributed by atoms with van der Waals surface area (Å²) in [7, 11) is 0. The highest BCUT2D eigenvalue weighted by Crippen LogP contribution is 2.24. The number of carbonyl (C=O) groups excluding carboxylic acids is 1. The van der Waals surface area contributed by atoms with E-state index >= 15 is 0 Å². The fraction of sp³-hybridized carbons (Fsp3) is 0.538. The van der Waals surface area contributed by atoms with Gasteiger partial charge in [-0.05, 0) is 30.9 Å². The monoisotopic (exact) mass is 221 g/mol. The molecule has 0 amide bonds. The Labute approximate surface area is 96.8 Å². The van der Waals surface area contributed by atoms with Gasteiger partial charge in [0.1, 0.15) is 5.69 Å². The molecule has 88 valence electrons. The third-order valence-corrected chi connectivity index (χ3v) is 2.38. The lowest BCUT2D eigenvalue weighted by atomic mass is 9.86. The predicted octanol–water partition coefficient (Wildman–Crippen LogP) is 2.86. The molecule has 1 heterocycles. The number of pyridine rings is 1. The Morgan fingerprint density at radius 1 is 1.38 bits per heavy atom. The molecule has 0 aromatic carbocycles. The van der Waals surface area contributed by atoms with Crippen LogP contribution in [0, 0.1) is 6.92 Å². The van der Waals surface area contributed by atoms with Crippen LogP contribution >= 0.6 is 0 Å². The first-order valence-electron chi connectivity index (χ1n) is 5.51. The van der Waals surface area contributed by atoms with Crippen LogP contribution < -0.4 is 0 Å². The van der Waals surface area contributed by atoms with Crippen LogP contribution in [0.15, 0.2) is 12.1 Å². The third-order valence-electron chi connectivity index (χ3n) is 2.38. The van der Waals surface area contributed by atoms with E-state index in [-0.39, 0.29) is 11.4 Å². The molecule has 16 heavy (non-hydrogen) atoms. The highest BCUT2D eigenvalue weighted by molar-refractivity contribution is 5.87. The van der Waals surface area contributed by atoms with Gasteiger partial charge in [-0.1, -0.05) is 26.8 Å². The van der Waals surface area contributed by atoms with Crippen molar-refractivity contribution in [2.45, 2.75) is 40.0 Å². The van der Waals surface area contributed by atoms with Crippen molar-refractivity contribution < 1.29 is 9.53 Å². The van der Waals surface area contributed by atoms with Crippen LogP contribution in [0.3, 0.4) is 0 Å². The van der Waals surface area contributed by atoms with Gasteiger partial charge in [0.05, 0.1) is 6.61 Å². The minimum absolute atomic E-state index is 0.0459. The lowest BCUT2D eigenvalue weighted by molar-refractivity contribution is 0.0519. The van der Waals surface area contributed by atoms with Crippen LogP contribution in [0.1, 0.15) is 49.4 Å². The van der Waals surface area contributed by atoms with Gasteiger partial charge >= 0.3 is 5.97 Å². The van der Waals surface area contributed by atoms with Gasteiger partial charge in [0.2, 0.25) is 0 Å². The summed E-state index contributed by atoms with van der Waals surface area (Å²) < 4.78 is 4.91. The zero-order valence-corrected chi connectivity index (χ0v) is 10.6. The zero-order valence-electron chi connectivity index (χ0n) is 10.6. The maximum Gasteiger partial charge on any atom is 0.356 e. The summed E-state index contributed by atoms with van der Waals surface area (Å²) in [6.45, 7) is 10.5. The number of hydrogen-bond donors (Lipinski definition) is 0. The highest BCUT2D eigenvalue weighted by Gasteiger charge is 2.18. The quantitative estimate of drug-likeness (QED) is 0.721. The number of aromatic nitrogens is 1. The van der Waals surface area contributed by atoms with Crippen LogP contribution in [0.25, 0.3) is 0 Å². The summed E-state index contributed by atoms with van der Waals surface area (Å²) >= 11 is 0. The number of carbonyl (C=O) groups is 1. The molecule has 1 rings (SSSR count). The second-order valence-corrected chi connectivity index (χ2v) is 4.80. The van der Waals surface area contributed by atoms with E-state index < -0.39 is 0 Å². The predicted molar refractivity (Wildman–Crippen MR) is 63.6 cm³/mol. The normalized spacial score (nSPS) is 11.3. The van der Waals surface area contributed by atoms with Gasteiger partial charge in [0.25, 0.3) is 0 Å². The lowest BCUT2D eigenvalue weighted by Crippen LogP contribution is -2.16. The van der Waals surface area contributed by atoms with Gasteiger partial charge in [-0.3, -0.25) is 0 Å². The summed E-state index contributed by atoms with van der Waals surface area (Å²) in [4.78, 5) is 15.8. The van der Waals surface area contributed by atoms with E-state index in [0.717, 1.165) is 11.3 Å². The van der Waals surface area contributed by atoms with Crippen molar-refractivity contribution >= 4 is 5.97 Å². The van der Waals surface area contributed by atoms with Crippen molar-refractivity contribution in [3.8, 4) is 0 Å². The average molecular weight is 221 g/mol. The maximum atomic E-state index is 11.5. The summed E-state index contributed by atoms with van der Waals surface area (Å²) in [6, 6.07) is 3.68.